The summed E-state index contributed by atoms with van der Waals surface area (Å²) in [5, 5.41) is 2.85. The maximum Gasteiger partial charge on any atom is 0.216 e. The molecule has 1 N–H and O–H groups in total. The fraction of sp³-hybridized carbons (Fsp3) is 0.857. The van der Waals surface area contributed by atoms with Crippen LogP contribution in [0.1, 0.15) is 19.8 Å². The first-order valence-electron chi connectivity index (χ1n) is 3.58. The van der Waals surface area contributed by atoms with E-state index in [9.17, 15) is 4.79 Å². The summed E-state index contributed by atoms with van der Waals surface area (Å²) in [6, 6.07) is 0. The summed E-state index contributed by atoms with van der Waals surface area (Å²) in [5.74, 6) is 0.666. The second-order valence-electron chi connectivity index (χ2n) is 2.79. The van der Waals surface area contributed by atoms with Crippen molar-refractivity contribution in [2.24, 2.45) is 5.92 Å². The van der Waals surface area contributed by atoms with Crippen molar-refractivity contribution < 1.29 is 4.79 Å². The van der Waals surface area contributed by atoms with E-state index in [0.717, 1.165) is 0 Å². The predicted molar refractivity (Wildman–Crippen MR) is 41.0 cm³/mol. The molecule has 0 aromatic heterocycles. The maximum atomic E-state index is 10.4. The molecular formula is C7H12ClNO. The van der Waals surface area contributed by atoms with Crippen LogP contribution in [0.5, 0.6) is 0 Å². The Kier molecular flexibility index (Phi) is 2.55. The van der Waals surface area contributed by atoms with E-state index >= 15 is 0 Å². The Balaban J connectivity index is 2.05. The van der Waals surface area contributed by atoms with E-state index in [-0.39, 0.29) is 11.3 Å². The number of carbonyl (C=O) groups excluding carboxylic acids is 1. The quantitative estimate of drug-likeness (QED) is 0.618. The molecule has 3 heteroatoms. The van der Waals surface area contributed by atoms with E-state index in [1.807, 2.05) is 0 Å². The summed E-state index contributed by atoms with van der Waals surface area (Å²) in [6.07, 6.45) is 2.46. The third kappa shape index (κ3) is 2.56. The van der Waals surface area contributed by atoms with Gasteiger partial charge < -0.3 is 5.32 Å². The SMILES string of the molecule is CC(=O)NCC(Cl)C1CC1. The van der Waals surface area contributed by atoms with Crippen molar-refractivity contribution in [3.05, 3.63) is 0 Å². The minimum atomic E-state index is 0.00583. The van der Waals surface area contributed by atoms with Gasteiger partial charge in [-0.15, -0.1) is 11.6 Å². The molecule has 0 bridgehead atoms. The molecule has 1 fully saturated rings. The highest BCUT2D eigenvalue weighted by molar-refractivity contribution is 6.21. The van der Waals surface area contributed by atoms with Crippen molar-refractivity contribution in [1.29, 1.82) is 0 Å². The van der Waals surface area contributed by atoms with Crippen molar-refractivity contribution in [1.82, 2.24) is 5.32 Å². The van der Waals surface area contributed by atoms with Gasteiger partial charge in [0.25, 0.3) is 0 Å². The van der Waals surface area contributed by atoms with Gasteiger partial charge in [-0.05, 0) is 18.8 Å². The lowest BCUT2D eigenvalue weighted by molar-refractivity contribution is -0.118. The van der Waals surface area contributed by atoms with Gasteiger partial charge in [0.05, 0.1) is 5.38 Å². The van der Waals surface area contributed by atoms with Crippen LogP contribution in [0, 0.1) is 5.92 Å². The molecule has 0 radical (unpaired) electrons. The molecular weight excluding hydrogens is 150 g/mol. The first-order chi connectivity index (χ1) is 4.70. The van der Waals surface area contributed by atoms with Crippen molar-refractivity contribution in [2.75, 3.05) is 6.54 Å². The number of alkyl halides is 1. The molecule has 1 saturated carbocycles. The molecule has 0 saturated heterocycles. The number of carbonyl (C=O) groups is 1. The van der Waals surface area contributed by atoms with Gasteiger partial charge in [0.15, 0.2) is 0 Å². The molecule has 58 valence electrons. The van der Waals surface area contributed by atoms with Crippen molar-refractivity contribution in [3.63, 3.8) is 0 Å². The van der Waals surface area contributed by atoms with Gasteiger partial charge in [-0.3, -0.25) is 4.79 Å². The molecule has 1 aliphatic rings. The highest BCUT2D eigenvalue weighted by atomic mass is 35.5. The molecule has 0 aromatic carbocycles. The molecule has 1 amide bonds. The molecule has 1 aliphatic carbocycles. The van der Waals surface area contributed by atoms with Gasteiger partial charge in [0.1, 0.15) is 0 Å². The number of hydrogen-bond acceptors (Lipinski definition) is 1. The molecule has 0 heterocycles. The number of amides is 1. The van der Waals surface area contributed by atoms with Crippen LogP contribution in [0.25, 0.3) is 0 Å². The van der Waals surface area contributed by atoms with Gasteiger partial charge in [0.2, 0.25) is 5.91 Å². The van der Waals surface area contributed by atoms with Gasteiger partial charge in [-0.25, -0.2) is 0 Å². The van der Waals surface area contributed by atoms with Gasteiger partial charge in [-0.2, -0.15) is 0 Å². The van der Waals surface area contributed by atoms with Crippen LogP contribution in [-0.2, 0) is 4.79 Å². The molecule has 10 heavy (non-hydrogen) atoms. The summed E-state index contributed by atoms with van der Waals surface area (Å²) in [6.45, 7) is 2.14. The standard InChI is InChI=1S/C7H12ClNO/c1-5(10)9-4-7(8)6-2-3-6/h6-7H,2-4H2,1H3,(H,9,10). The van der Waals surface area contributed by atoms with Crippen molar-refractivity contribution in [3.8, 4) is 0 Å². The van der Waals surface area contributed by atoms with Crippen LogP contribution < -0.4 is 5.32 Å². The first kappa shape index (κ1) is 7.86. The smallest absolute Gasteiger partial charge is 0.216 e. The highest BCUT2D eigenvalue weighted by Crippen LogP contribution is 2.35. The zero-order chi connectivity index (χ0) is 7.56. The second-order valence-corrected chi connectivity index (χ2v) is 3.35. The fourth-order valence-electron chi connectivity index (χ4n) is 0.866. The van der Waals surface area contributed by atoms with Gasteiger partial charge in [-0.1, -0.05) is 0 Å². The Morgan fingerprint density at radius 1 is 1.80 bits per heavy atom. The predicted octanol–water partition coefficient (Wildman–Crippen LogP) is 1.14. The summed E-state index contributed by atoms with van der Waals surface area (Å²) in [5.41, 5.74) is 0. The number of rotatable bonds is 3. The van der Waals surface area contributed by atoms with Crippen LogP contribution in [-0.4, -0.2) is 17.8 Å². The molecule has 1 atom stereocenters. The van der Waals surface area contributed by atoms with Crippen molar-refractivity contribution >= 4 is 17.5 Å². The van der Waals surface area contributed by atoms with Crippen LogP contribution in [0.2, 0.25) is 0 Å². The van der Waals surface area contributed by atoms with Crippen molar-refractivity contribution in [2.45, 2.75) is 25.1 Å². The van der Waals surface area contributed by atoms with E-state index in [0.29, 0.717) is 12.5 Å². The Labute approximate surface area is 65.9 Å². The Morgan fingerprint density at radius 2 is 2.40 bits per heavy atom. The Morgan fingerprint density at radius 3 is 2.80 bits per heavy atom. The topological polar surface area (TPSA) is 29.1 Å². The highest BCUT2D eigenvalue weighted by Gasteiger charge is 2.29. The van der Waals surface area contributed by atoms with Crippen LogP contribution in [0.15, 0.2) is 0 Å². The summed E-state index contributed by atoms with van der Waals surface area (Å²) in [7, 11) is 0. The van der Waals surface area contributed by atoms with E-state index in [1.165, 1.54) is 19.8 Å². The van der Waals surface area contributed by atoms with E-state index in [2.05, 4.69) is 5.32 Å². The monoisotopic (exact) mass is 161 g/mol. The zero-order valence-corrected chi connectivity index (χ0v) is 6.82. The molecule has 1 rings (SSSR count). The minimum Gasteiger partial charge on any atom is -0.355 e. The lowest BCUT2D eigenvalue weighted by Gasteiger charge is -2.06. The third-order valence-corrected chi connectivity index (χ3v) is 2.19. The van der Waals surface area contributed by atoms with E-state index in [1.54, 1.807) is 0 Å². The van der Waals surface area contributed by atoms with E-state index < -0.39 is 0 Å². The first-order valence-corrected chi connectivity index (χ1v) is 4.02. The third-order valence-electron chi connectivity index (χ3n) is 1.68. The van der Waals surface area contributed by atoms with Gasteiger partial charge in [0, 0.05) is 13.5 Å². The van der Waals surface area contributed by atoms with Crippen LogP contribution >= 0.6 is 11.6 Å². The van der Waals surface area contributed by atoms with Gasteiger partial charge >= 0.3 is 0 Å². The second kappa shape index (κ2) is 3.24. The normalized spacial score (nSPS) is 20.2. The van der Waals surface area contributed by atoms with Crippen LogP contribution in [0.4, 0.5) is 0 Å². The lowest BCUT2D eigenvalue weighted by atomic mass is 10.3. The summed E-state index contributed by atoms with van der Waals surface area (Å²) in [4.78, 5) is 10.4. The average Bonchev–Trinajstić information content (AvgIpc) is 2.63. The van der Waals surface area contributed by atoms with Crippen LogP contribution in [0.3, 0.4) is 0 Å². The number of hydrogen-bond donors (Lipinski definition) is 1. The lowest BCUT2D eigenvalue weighted by Crippen LogP contribution is -2.28. The average molecular weight is 162 g/mol. The molecule has 0 spiro atoms. The molecule has 0 aliphatic heterocycles. The zero-order valence-electron chi connectivity index (χ0n) is 6.06. The Hall–Kier alpha value is -0.240. The molecule has 1 unspecified atom stereocenters. The molecule has 2 nitrogen and oxygen atoms in total. The fourth-order valence-corrected chi connectivity index (χ4v) is 1.19. The number of nitrogens with one attached hydrogen (secondary N) is 1. The summed E-state index contributed by atoms with van der Waals surface area (Å²) < 4.78 is 0. The molecule has 0 aromatic rings. The largest absolute Gasteiger partial charge is 0.355 e. The minimum absolute atomic E-state index is 0.00583. The Bertz CT molecular complexity index is 134. The van der Waals surface area contributed by atoms with E-state index in [4.69, 9.17) is 11.6 Å². The maximum absolute atomic E-state index is 10.4. The summed E-state index contributed by atoms with van der Waals surface area (Å²) >= 11 is 5.91. The number of halogens is 1.